The molecule has 1 N–H and O–H groups in total. The summed E-state index contributed by atoms with van der Waals surface area (Å²) in [5, 5.41) is 3.25. The van der Waals surface area contributed by atoms with Crippen molar-refractivity contribution < 1.29 is 14.4 Å². The van der Waals surface area contributed by atoms with Crippen LogP contribution in [0.25, 0.3) is 0 Å². The van der Waals surface area contributed by atoms with Crippen LogP contribution in [0, 0.1) is 5.92 Å². The fraction of sp³-hybridized carbons (Fsp3) is 0.625. The van der Waals surface area contributed by atoms with Crippen molar-refractivity contribution in [2.45, 2.75) is 51.0 Å². The molecule has 1 atom stereocenters. The van der Waals surface area contributed by atoms with E-state index in [1.54, 1.807) is 0 Å². The van der Waals surface area contributed by atoms with E-state index < -0.39 is 0 Å². The highest BCUT2D eigenvalue weighted by atomic mass is 16.2. The van der Waals surface area contributed by atoms with E-state index in [1.165, 1.54) is 5.69 Å². The number of nitrogens with zero attached hydrogens (tertiary/aromatic N) is 3. The number of carbonyl (C=O) groups excluding carboxylic acids is 3. The maximum atomic E-state index is 12.9. The normalized spacial score (nSPS) is 22.8. The van der Waals surface area contributed by atoms with Crippen LogP contribution in [0.4, 0.5) is 5.69 Å². The lowest BCUT2D eigenvalue weighted by atomic mass is 9.95. The molecule has 0 bridgehead atoms. The van der Waals surface area contributed by atoms with Gasteiger partial charge in [0.2, 0.25) is 17.7 Å². The molecule has 0 aliphatic carbocycles. The van der Waals surface area contributed by atoms with E-state index in [0.29, 0.717) is 38.9 Å². The molecule has 0 saturated carbocycles. The van der Waals surface area contributed by atoms with Crippen molar-refractivity contribution in [2.75, 3.05) is 44.2 Å². The predicted molar refractivity (Wildman–Crippen MR) is 120 cm³/mol. The Labute approximate surface area is 184 Å². The molecule has 3 fully saturated rings. The third-order valence-electron chi connectivity index (χ3n) is 6.86. The average Bonchev–Trinajstić information content (AvgIpc) is 3.20. The molecule has 4 rings (SSSR count). The van der Waals surface area contributed by atoms with Gasteiger partial charge in [0.15, 0.2) is 0 Å². The Bertz CT molecular complexity index is 776. The molecule has 3 amide bonds. The lowest BCUT2D eigenvalue weighted by Crippen LogP contribution is -2.50. The number of rotatable bonds is 7. The molecule has 7 nitrogen and oxygen atoms in total. The van der Waals surface area contributed by atoms with Crippen LogP contribution in [0.5, 0.6) is 0 Å². The summed E-state index contributed by atoms with van der Waals surface area (Å²) < 4.78 is 0. The summed E-state index contributed by atoms with van der Waals surface area (Å²) in [7, 11) is 0. The Morgan fingerprint density at radius 3 is 2.32 bits per heavy atom. The first kappa shape index (κ1) is 21.7. The van der Waals surface area contributed by atoms with E-state index in [9.17, 15) is 14.4 Å². The summed E-state index contributed by atoms with van der Waals surface area (Å²) in [5.74, 6) is 0.317. The summed E-state index contributed by atoms with van der Waals surface area (Å²) in [5.41, 5.74) is 1.24. The standard InChI is InChI=1S/C24H34N4O3/c29-22-8-4-13-27(22)14-5-15-28-18-19(9-10-23(28)30)24(31)25-20-11-16-26(17-12-20)21-6-2-1-3-7-21/h1-3,6-7,19-20H,4-5,8-18H2,(H,25,31)/t19-/m0/s1. The highest BCUT2D eigenvalue weighted by Crippen LogP contribution is 2.22. The fourth-order valence-electron chi connectivity index (χ4n) is 4.98. The van der Waals surface area contributed by atoms with Gasteiger partial charge in [-0.05, 0) is 44.2 Å². The molecule has 0 spiro atoms. The van der Waals surface area contributed by atoms with E-state index in [1.807, 2.05) is 15.9 Å². The maximum Gasteiger partial charge on any atom is 0.225 e. The number of hydrogen-bond donors (Lipinski definition) is 1. The number of piperidine rings is 2. The molecule has 3 aliphatic heterocycles. The summed E-state index contributed by atoms with van der Waals surface area (Å²) in [6, 6.07) is 10.6. The zero-order valence-electron chi connectivity index (χ0n) is 18.3. The molecular formula is C24H34N4O3. The van der Waals surface area contributed by atoms with Crippen LogP contribution < -0.4 is 10.2 Å². The van der Waals surface area contributed by atoms with Crippen LogP contribution in [0.3, 0.4) is 0 Å². The van der Waals surface area contributed by atoms with Crippen LogP contribution in [0.15, 0.2) is 30.3 Å². The largest absolute Gasteiger partial charge is 0.371 e. The van der Waals surface area contributed by atoms with E-state index >= 15 is 0 Å². The zero-order valence-corrected chi connectivity index (χ0v) is 18.3. The summed E-state index contributed by atoms with van der Waals surface area (Å²) >= 11 is 0. The highest BCUT2D eigenvalue weighted by Gasteiger charge is 2.32. The molecule has 3 heterocycles. The molecule has 0 unspecified atom stereocenters. The molecule has 31 heavy (non-hydrogen) atoms. The van der Waals surface area contributed by atoms with Gasteiger partial charge in [-0.3, -0.25) is 14.4 Å². The van der Waals surface area contributed by atoms with Gasteiger partial charge in [-0.25, -0.2) is 0 Å². The minimum atomic E-state index is -0.127. The smallest absolute Gasteiger partial charge is 0.225 e. The van der Waals surface area contributed by atoms with Crippen molar-refractivity contribution in [3.8, 4) is 0 Å². The Kier molecular flexibility index (Phi) is 7.10. The third-order valence-corrected chi connectivity index (χ3v) is 6.86. The number of carbonyl (C=O) groups is 3. The minimum absolute atomic E-state index is 0.0883. The van der Waals surface area contributed by atoms with Crippen molar-refractivity contribution in [3.05, 3.63) is 30.3 Å². The lowest BCUT2D eigenvalue weighted by molar-refractivity contribution is -0.138. The number of para-hydroxylation sites is 1. The van der Waals surface area contributed by atoms with Gasteiger partial charge in [-0.2, -0.15) is 0 Å². The van der Waals surface area contributed by atoms with Crippen molar-refractivity contribution in [3.63, 3.8) is 0 Å². The molecule has 3 saturated heterocycles. The van der Waals surface area contributed by atoms with Crippen molar-refractivity contribution in [1.82, 2.24) is 15.1 Å². The Balaban J connectivity index is 1.20. The predicted octanol–water partition coefficient (Wildman–Crippen LogP) is 2.02. The van der Waals surface area contributed by atoms with Gasteiger partial charge in [0, 0.05) is 63.8 Å². The first-order valence-electron chi connectivity index (χ1n) is 11.8. The van der Waals surface area contributed by atoms with E-state index in [0.717, 1.165) is 45.3 Å². The monoisotopic (exact) mass is 426 g/mol. The van der Waals surface area contributed by atoms with Gasteiger partial charge in [0.25, 0.3) is 0 Å². The highest BCUT2D eigenvalue weighted by molar-refractivity contribution is 5.84. The van der Waals surface area contributed by atoms with Crippen LogP contribution >= 0.6 is 0 Å². The van der Waals surface area contributed by atoms with Crippen molar-refractivity contribution in [1.29, 1.82) is 0 Å². The number of nitrogens with one attached hydrogen (secondary N) is 1. The Morgan fingerprint density at radius 1 is 0.903 bits per heavy atom. The second-order valence-corrected chi connectivity index (χ2v) is 9.02. The van der Waals surface area contributed by atoms with E-state index in [2.05, 4.69) is 34.5 Å². The van der Waals surface area contributed by atoms with Crippen LogP contribution in [0.1, 0.15) is 44.9 Å². The Hall–Kier alpha value is -2.57. The fourth-order valence-corrected chi connectivity index (χ4v) is 4.98. The minimum Gasteiger partial charge on any atom is -0.371 e. The van der Waals surface area contributed by atoms with Crippen LogP contribution in [-0.4, -0.2) is 72.8 Å². The molecule has 1 aromatic carbocycles. The molecule has 0 radical (unpaired) electrons. The average molecular weight is 427 g/mol. The molecule has 3 aliphatic rings. The van der Waals surface area contributed by atoms with Crippen molar-refractivity contribution in [2.24, 2.45) is 5.92 Å². The van der Waals surface area contributed by atoms with Crippen LogP contribution in [0.2, 0.25) is 0 Å². The van der Waals surface area contributed by atoms with Gasteiger partial charge in [-0.15, -0.1) is 0 Å². The summed E-state index contributed by atoms with van der Waals surface area (Å²) in [4.78, 5) is 43.0. The third kappa shape index (κ3) is 5.57. The van der Waals surface area contributed by atoms with Crippen LogP contribution in [-0.2, 0) is 14.4 Å². The quantitative estimate of drug-likeness (QED) is 0.724. The SMILES string of the molecule is O=C(NC1CCN(c2ccccc2)CC1)[C@H]1CCC(=O)N(CCCN2CCCC2=O)C1. The Morgan fingerprint density at radius 2 is 1.61 bits per heavy atom. The van der Waals surface area contributed by atoms with Gasteiger partial charge < -0.3 is 20.0 Å². The molecular weight excluding hydrogens is 392 g/mol. The number of benzene rings is 1. The number of amides is 3. The first-order valence-corrected chi connectivity index (χ1v) is 11.8. The van der Waals surface area contributed by atoms with Gasteiger partial charge in [0.1, 0.15) is 0 Å². The maximum absolute atomic E-state index is 12.9. The lowest BCUT2D eigenvalue weighted by Gasteiger charge is -2.36. The number of likely N-dealkylation sites (tertiary alicyclic amines) is 2. The molecule has 168 valence electrons. The molecule has 0 aromatic heterocycles. The van der Waals surface area contributed by atoms with E-state index in [4.69, 9.17) is 0 Å². The van der Waals surface area contributed by atoms with Gasteiger partial charge >= 0.3 is 0 Å². The van der Waals surface area contributed by atoms with Gasteiger partial charge in [0.05, 0.1) is 5.92 Å². The summed E-state index contributed by atoms with van der Waals surface area (Å²) in [6.07, 6.45) is 5.33. The number of hydrogen-bond acceptors (Lipinski definition) is 4. The second kappa shape index (κ2) is 10.2. The first-order chi connectivity index (χ1) is 15.1. The summed E-state index contributed by atoms with van der Waals surface area (Å²) in [6.45, 7) is 4.56. The van der Waals surface area contributed by atoms with Crippen molar-refractivity contribution >= 4 is 23.4 Å². The van der Waals surface area contributed by atoms with Gasteiger partial charge in [-0.1, -0.05) is 18.2 Å². The van der Waals surface area contributed by atoms with E-state index in [-0.39, 0.29) is 29.7 Å². The molecule has 7 heteroatoms. The topological polar surface area (TPSA) is 73.0 Å². The zero-order chi connectivity index (χ0) is 21.6. The second-order valence-electron chi connectivity index (χ2n) is 9.02. The number of anilines is 1. The molecule has 1 aromatic rings.